The van der Waals surface area contributed by atoms with Crippen molar-refractivity contribution in [2.24, 2.45) is 0 Å². The fourth-order valence-corrected chi connectivity index (χ4v) is 1.29. The van der Waals surface area contributed by atoms with E-state index < -0.39 is 5.97 Å². The zero-order valence-corrected chi connectivity index (χ0v) is 6.42. The van der Waals surface area contributed by atoms with Crippen LogP contribution in [0.3, 0.4) is 0 Å². The molecule has 1 aliphatic heterocycles. The van der Waals surface area contributed by atoms with Crippen LogP contribution in [-0.4, -0.2) is 23.7 Å². The molecule has 0 amide bonds. The topological polar surface area (TPSA) is 49.3 Å². The molecular formula is C8H13NO2. The molecule has 62 valence electrons. The van der Waals surface area contributed by atoms with E-state index >= 15 is 0 Å². The van der Waals surface area contributed by atoms with E-state index in [2.05, 4.69) is 5.32 Å². The third-order valence-electron chi connectivity index (χ3n) is 1.84. The average molecular weight is 155 g/mol. The van der Waals surface area contributed by atoms with Crippen molar-refractivity contribution in [2.75, 3.05) is 6.54 Å². The van der Waals surface area contributed by atoms with Crippen LogP contribution in [0.1, 0.15) is 19.3 Å². The molecule has 1 unspecified atom stereocenters. The molecule has 11 heavy (non-hydrogen) atoms. The van der Waals surface area contributed by atoms with Gasteiger partial charge < -0.3 is 10.4 Å². The van der Waals surface area contributed by atoms with E-state index in [0.717, 1.165) is 13.0 Å². The Hall–Kier alpha value is -0.830. The smallest absolute Gasteiger partial charge is 0.327 e. The molecule has 0 aromatic carbocycles. The standard InChI is InChI=1S/C8H13NO2/c10-8(11)5-1-3-7-4-2-6-9-7/h1,5,7,9H,2-4,6H2,(H,10,11). The molecule has 1 fully saturated rings. The lowest BCUT2D eigenvalue weighted by atomic mass is 10.1. The summed E-state index contributed by atoms with van der Waals surface area (Å²) in [6, 6.07) is 0.505. The van der Waals surface area contributed by atoms with E-state index in [1.54, 1.807) is 6.08 Å². The summed E-state index contributed by atoms with van der Waals surface area (Å²) in [5.41, 5.74) is 0. The van der Waals surface area contributed by atoms with Crippen molar-refractivity contribution < 1.29 is 9.90 Å². The van der Waals surface area contributed by atoms with E-state index in [1.807, 2.05) is 0 Å². The van der Waals surface area contributed by atoms with Crippen LogP contribution in [0.15, 0.2) is 12.2 Å². The SMILES string of the molecule is O=C(O)C=CCC1CCCN1. The minimum atomic E-state index is -0.858. The van der Waals surface area contributed by atoms with Crippen LogP contribution in [0.4, 0.5) is 0 Å². The molecule has 0 spiro atoms. The third-order valence-corrected chi connectivity index (χ3v) is 1.84. The van der Waals surface area contributed by atoms with Crippen molar-refractivity contribution in [3.8, 4) is 0 Å². The van der Waals surface area contributed by atoms with Gasteiger partial charge in [-0.25, -0.2) is 4.79 Å². The monoisotopic (exact) mass is 155 g/mol. The minimum absolute atomic E-state index is 0.505. The molecule has 0 radical (unpaired) electrons. The molecule has 3 heteroatoms. The molecular weight excluding hydrogens is 142 g/mol. The predicted molar refractivity (Wildman–Crippen MR) is 42.4 cm³/mol. The first-order valence-electron chi connectivity index (χ1n) is 3.92. The minimum Gasteiger partial charge on any atom is -0.478 e. The number of rotatable bonds is 3. The van der Waals surface area contributed by atoms with E-state index in [1.165, 1.54) is 18.9 Å². The molecule has 0 aromatic rings. The highest BCUT2D eigenvalue weighted by Gasteiger charge is 2.11. The largest absolute Gasteiger partial charge is 0.478 e. The summed E-state index contributed by atoms with van der Waals surface area (Å²) >= 11 is 0. The molecule has 1 aliphatic rings. The number of carboxylic acid groups (broad SMARTS) is 1. The van der Waals surface area contributed by atoms with E-state index in [0.29, 0.717) is 6.04 Å². The van der Waals surface area contributed by atoms with Crippen molar-refractivity contribution in [1.29, 1.82) is 0 Å². The van der Waals surface area contributed by atoms with Crippen LogP contribution >= 0.6 is 0 Å². The van der Waals surface area contributed by atoms with Gasteiger partial charge in [-0.1, -0.05) is 6.08 Å². The molecule has 1 rings (SSSR count). The highest BCUT2D eigenvalue weighted by molar-refractivity contribution is 5.79. The van der Waals surface area contributed by atoms with Gasteiger partial charge in [0.05, 0.1) is 0 Å². The Bertz CT molecular complexity index is 159. The summed E-state index contributed by atoms with van der Waals surface area (Å²) in [5, 5.41) is 11.6. The highest BCUT2D eigenvalue weighted by atomic mass is 16.4. The quantitative estimate of drug-likeness (QED) is 0.592. The Labute approximate surface area is 66.1 Å². The van der Waals surface area contributed by atoms with Crippen LogP contribution in [0.25, 0.3) is 0 Å². The summed E-state index contributed by atoms with van der Waals surface area (Å²) < 4.78 is 0. The van der Waals surface area contributed by atoms with E-state index in [4.69, 9.17) is 5.11 Å². The molecule has 0 aromatic heterocycles. The van der Waals surface area contributed by atoms with Crippen molar-refractivity contribution in [1.82, 2.24) is 5.32 Å². The summed E-state index contributed by atoms with van der Waals surface area (Å²) in [6.45, 7) is 1.07. The van der Waals surface area contributed by atoms with Crippen LogP contribution < -0.4 is 5.32 Å². The summed E-state index contributed by atoms with van der Waals surface area (Å²) in [7, 11) is 0. The van der Waals surface area contributed by atoms with Crippen molar-refractivity contribution in [3.05, 3.63) is 12.2 Å². The van der Waals surface area contributed by atoms with Gasteiger partial charge in [-0.15, -0.1) is 0 Å². The maximum absolute atomic E-state index is 10.1. The second kappa shape index (κ2) is 4.13. The van der Waals surface area contributed by atoms with Gasteiger partial charge in [0, 0.05) is 12.1 Å². The zero-order valence-electron chi connectivity index (χ0n) is 6.42. The van der Waals surface area contributed by atoms with Gasteiger partial charge in [0.2, 0.25) is 0 Å². The second-order valence-electron chi connectivity index (χ2n) is 2.77. The zero-order chi connectivity index (χ0) is 8.10. The third kappa shape index (κ3) is 3.18. The maximum atomic E-state index is 10.1. The second-order valence-corrected chi connectivity index (χ2v) is 2.77. The van der Waals surface area contributed by atoms with Crippen LogP contribution in [0.2, 0.25) is 0 Å². The van der Waals surface area contributed by atoms with Crippen molar-refractivity contribution in [2.45, 2.75) is 25.3 Å². The molecule has 3 nitrogen and oxygen atoms in total. The molecule has 1 saturated heterocycles. The number of hydrogen-bond acceptors (Lipinski definition) is 2. The van der Waals surface area contributed by atoms with Gasteiger partial charge in [-0.2, -0.15) is 0 Å². The Kier molecular flexibility index (Phi) is 3.11. The first-order valence-corrected chi connectivity index (χ1v) is 3.92. The number of hydrogen-bond donors (Lipinski definition) is 2. The van der Waals surface area contributed by atoms with Gasteiger partial charge in [0.25, 0.3) is 0 Å². The lowest BCUT2D eigenvalue weighted by Gasteiger charge is -2.03. The maximum Gasteiger partial charge on any atom is 0.327 e. The summed E-state index contributed by atoms with van der Waals surface area (Å²) in [5.74, 6) is -0.858. The summed E-state index contributed by atoms with van der Waals surface area (Å²) in [6.07, 6.45) is 6.15. The number of nitrogens with one attached hydrogen (secondary N) is 1. The lowest BCUT2D eigenvalue weighted by Crippen LogP contribution is -2.20. The van der Waals surface area contributed by atoms with Crippen LogP contribution in [0.5, 0.6) is 0 Å². The fraction of sp³-hybridized carbons (Fsp3) is 0.625. The van der Waals surface area contributed by atoms with Gasteiger partial charge >= 0.3 is 5.97 Å². The average Bonchev–Trinajstić information content (AvgIpc) is 2.39. The Morgan fingerprint density at radius 3 is 3.09 bits per heavy atom. The van der Waals surface area contributed by atoms with Crippen LogP contribution in [-0.2, 0) is 4.79 Å². The van der Waals surface area contributed by atoms with Gasteiger partial charge in [-0.3, -0.25) is 0 Å². The van der Waals surface area contributed by atoms with Gasteiger partial charge in [0.15, 0.2) is 0 Å². The van der Waals surface area contributed by atoms with Gasteiger partial charge in [-0.05, 0) is 25.8 Å². The Morgan fingerprint density at radius 2 is 2.55 bits per heavy atom. The first-order chi connectivity index (χ1) is 5.29. The highest BCUT2D eigenvalue weighted by Crippen LogP contribution is 2.08. The lowest BCUT2D eigenvalue weighted by molar-refractivity contribution is -0.131. The fourth-order valence-electron chi connectivity index (χ4n) is 1.29. The molecule has 2 N–H and O–H groups in total. The number of carbonyl (C=O) groups is 1. The predicted octanol–water partition coefficient (Wildman–Crippen LogP) is 0.769. The molecule has 0 bridgehead atoms. The first kappa shape index (κ1) is 8.27. The van der Waals surface area contributed by atoms with E-state index in [-0.39, 0.29) is 0 Å². The summed E-state index contributed by atoms with van der Waals surface area (Å²) in [4.78, 5) is 10.1. The Morgan fingerprint density at radius 1 is 1.73 bits per heavy atom. The number of carboxylic acids is 1. The van der Waals surface area contributed by atoms with Crippen molar-refractivity contribution in [3.63, 3.8) is 0 Å². The Balaban J connectivity index is 2.15. The van der Waals surface area contributed by atoms with Crippen molar-refractivity contribution >= 4 is 5.97 Å². The molecule has 1 heterocycles. The normalized spacial score (nSPS) is 24.5. The molecule has 0 aliphatic carbocycles. The van der Waals surface area contributed by atoms with Gasteiger partial charge in [0.1, 0.15) is 0 Å². The van der Waals surface area contributed by atoms with Crippen LogP contribution in [0, 0.1) is 0 Å². The number of aliphatic carboxylic acids is 1. The molecule has 1 atom stereocenters. The molecule has 0 saturated carbocycles. The van der Waals surface area contributed by atoms with E-state index in [9.17, 15) is 4.79 Å².